The van der Waals surface area contributed by atoms with E-state index in [1.807, 2.05) is 18.2 Å². The summed E-state index contributed by atoms with van der Waals surface area (Å²) < 4.78 is 1.81. The van der Waals surface area contributed by atoms with Crippen molar-refractivity contribution in [1.29, 1.82) is 0 Å². The molecule has 0 amide bonds. The summed E-state index contributed by atoms with van der Waals surface area (Å²) in [7, 11) is 0. The largest absolute Gasteiger partial charge is 0.733 e. The summed E-state index contributed by atoms with van der Waals surface area (Å²) in [6, 6.07) is 14.5. The quantitative estimate of drug-likeness (QED) is 0.241. The molecule has 0 aliphatic heterocycles. The Morgan fingerprint density at radius 1 is 1.03 bits per heavy atom. The highest BCUT2D eigenvalue weighted by atomic mass is 16.8. The van der Waals surface area contributed by atoms with Crippen molar-refractivity contribution in [2.75, 3.05) is 10.7 Å². The molecule has 0 aliphatic rings. The molecule has 0 saturated carbocycles. The number of hydrogen-bond donors (Lipinski definition) is 2. The Balaban J connectivity index is 1.97. The highest BCUT2D eigenvalue weighted by molar-refractivity contribution is 6.00. The fourth-order valence-electron chi connectivity index (χ4n) is 2.69. The molecule has 31 heavy (non-hydrogen) atoms. The SMILES string of the molecule is O=[N+]([O-])c1ccc(/C(C[n+]2ccccc2)=N\Nc2ccc(N([O-])O)cc2[N+](=O)[O-])cc1. The van der Waals surface area contributed by atoms with Gasteiger partial charge < -0.3 is 10.4 Å². The number of pyridine rings is 1. The molecule has 1 heterocycles. The van der Waals surface area contributed by atoms with Crippen LogP contribution in [0.2, 0.25) is 0 Å². The Morgan fingerprint density at radius 3 is 2.29 bits per heavy atom. The molecule has 158 valence electrons. The minimum atomic E-state index is -0.720. The number of hydrazone groups is 1. The molecule has 0 saturated heterocycles. The molecule has 3 aromatic rings. The molecule has 2 N–H and O–H groups in total. The summed E-state index contributed by atoms with van der Waals surface area (Å²) in [6.45, 7) is 0.266. The average Bonchev–Trinajstić information content (AvgIpc) is 2.77. The molecule has 12 nitrogen and oxygen atoms in total. The second-order valence-electron chi connectivity index (χ2n) is 6.25. The van der Waals surface area contributed by atoms with Gasteiger partial charge in [0.15, 0.2) is 18.9 Å². The molecule has 0 bridgehead atoms. The van der Waals surface area contributed by atoms with E-state index in [4.69, 9.17) is 5.21 Å². The second-order valence-corrected chi connectivity index (χ2v) is 6.25. The van der Waals surface area contributed by atoms with Crippen LogP contribution in [0.25, 0.3) is 0 Å². The van der Waals surface area contributed by atoms with Gasteiger partial charge in [0, 0.05) is 35.9 Å². The normalized spacial score (nSPS) is 11.1. The van der Waals surface area contributed by atoms with Crippen molar-refractivity contribution in [3.05, 3.63) is 104 Å². The fraction of sp³-hybridized carbons (Fsp3) is 0.0526. The predicted octanol–water partition coefficient (Wildman–Crippen LogP) is 3.00. The third-order valence-corrected chi connectivity index (χ3v) is 4.23. The minimum Gasteiger partial charge on any atom is -0.733 e. The van der Waals surface area contributed by atoms with Gasteiger partial charge in [-0.2, -0.15) is 9.67 Å². The van der Waals surface area contributed by atoms with Crippen molar-refractivity contribution < 1.29 is 19.6 Å². The number of aromatic nitrogens is 1. The first kappa shape index (κ1) is 21.3. The van der Waals surface area contributed by atoms with Crippen molar-refractivity contribution in [3.8, 4) is 0 Å². The molecular weight excluding hydrogens is 408 g/mol. The van der Waals surface area contributed by atoms with E-state index in [1.54, 1.807) is 17.0 Å². The lowest BCUT2D eigenvalue weighted by Gasteiger charge is -2.21. The molecule has 0 atom stereocenters. The zero-order valence-corrected chi connectivity index (χ0v) is 15.9. The van der Waals surface area contributed by atoms with Crippen molar-refractivity contribution in [2.24, 2.45) is 5.10 Å². The first-order valence-electron chi connectivity index (χ1n) is 8.81. The maximum absolute atomic E-state index is 11.4. The summed E-state index contributed by atoms with van der Waals surface area (Å²) in [4.78, 5) is 21.0. The molecule has 0 radical (unpaired) electrons. The van der Waals surface area contributed by atoms with E-state index in [0.717, 1.165) is 6.07 Å². The van der Waals surface area contributed by atoms with Crippen LogP contribution in [-0.4, -0.2) is 20.8 Å². The van der Waals surface area contributed by atoms with Gasteiger partial charge in [-0.1, -0.05) is 6.07 Å². The van der Waals surface area contributed by atoms with Crippen molar-refractivity contribution in [2.45, 2.75) is 6.54 Å². The first-order valence-corrected chi connectivity index (χ1v) is 8.81. The van der Waals surface area contributed by atoms with E-state index >= 15 is 0 Å². The topological polar surface area (TPSA) is 161 Å². The molecule has 0 unspecified atom stereocenters. The maximum atomic E-state index is 11.4. The molecule has 12 heteroatoms. The van der Waals surface area contributed by atoms with Crippen LogP contribution >= 0.6 is 0 Å². The third-order valence-electron chi connectivity index (χ3n) is 4.23. The van der Waals surface area contributed by atoms with E-state index in [1.165, 1.54) is 36.4 Å². The second kappa shape index (κ2) is 9.39. The van der Waals surface area contributed by atoms with Crippen LogP contribution in [0, 0.1) is 25.4 Å². The Hall–Kier alpha value is -4.42. The summed E-state index contributed by atoms with van der Waals surface area (Å²) in [5, 5.41) is 46.0. The highest BCUT2D eigenvalue weighted by Crippen LogP contribution is 2.29. The highest BCUT2D eigenvalue weighted by Gasteiger charge is 2.17. The first-order chi connectivity index (χ1) is 14.8. The van der Waals surface area contributed by atoms with E-state index in [2.05, 4.69) is 10.5 Å². The molecule has 0 fully saturated rings. The Morgan fingerprint density at radius 2 is 1.71 bits per heavy atom. The van der Waals surface area contributed by atoms with Crippen molar-refractivity contribution in [1.82, 2.24) is 0 Å². The number of benzene rings is 2. The number of non-ortho nitro benzene ring substituents is 1. The van der Waals surface area contributed by atoms with Crippen LogP contribution in [0.5, 0.6) is 0 Å². The standard InChI is InChI=1S/C19H16N6O6/c26-23(27)15-6-4-14(5-7-15)18(13-22-10-2-1-3-11-22)21-20-17-9-8-16(24(28)29)12-19(17)25(30)31/h1-12,20,28H,13H2/b21-18-. The lowest BCUT2D eigenvalue weighted by molar-refractivity contribution is -0.681. The molecule has 2 aromatic carbocycles. The van der Waals surface area contributed by atoms with Crippen LogP contribution < -0.4 is 15.2 Å². The monoisotopic (exact) mass is 424 g/mol. The summed E-state index contributed by atoms with van der Waals surface area (Å²) >= 11 is 0. The van der Waals surface area contributed by atoms with Gasteiger partial charge in [-0.3, -0.25) is 30.9 Å². The summed E-state index contributed by atoms with van der Waals surface area (Å²) in [6.07, 6.45) is 3.59. The number of nitro groups is 2. The van der Waals surface area contributed by atoms with Crippen molar-refractivity contribution >= 4 is 28.5 Å². The van der Waals surface area contributed by atoms with E-state index in [9.17, 15) is 25.4 Å². The maximum Gasteiger partial charge on any atom is 0.296 e. The van der Waals surface area contributed by atoms with E-state index in [0.29, 0.717) is 11.3 Å². The van der Waals surface area contributed by atoms with Gasteiger partial charge in [0.1, 0.15) is 11.4 Å². The molecule has 3 rings (SSSR count). The number of anilines is 2. The number of nitrogens with zero attached hydrogens (tertiary/aromatic N) is 5. The van der Waals surface area contributed by atoms with E-state index < -0.39 is 20.8 Å². The molecule has 0 spiro atoms. The summed E-state index contributed by atoms with van der Waals surface area (Å²) in [5.41, 5.74) is 2.76. The van der Waals surface area contributed by atoms with Gasteiger partial charge in [-0.25, -0.2) is 0 Å². The average molecular weight is 424 g/mol. The minimum absolute atomic E-state index is 0.00641. The molecule has 0 aliphatic carbocycles. The number of nitrogens with one attached hydrogen (secondary N) is 1. The lowest BCUT2D eigenvalue weighted by atomic mass is 10.1. The van der Waals surface area contributed by atoms with Crippen LogP contribution in [0.15, 0.2) is 78.2 Å². The summed E-state index contributed by atoms with van der Waals surface area (Å²) in [5.74, 6) is 0. The van der Waals surface area contributed by atoms with Gasteiger partial charge in [0.2, 0.25) is 0 Å². The van der Waals surface area contributed by atoms with Crippen molar-refractivity contribution in [3.63, 3.8) is 0 Å². The Kier molecular flexibility index (Phi) is 6.45. The van der Waals surface area contributed by atoms with Crippen LogP contribution in [-0.2, 0) is 6.54 Å². The van der Waals surface area contributed by atoms with Gasteiger partial charge in [0.25, 0.3) is 11.4 Å². The number of nitro benzene ring substituents is 2. The van der Waals surface area contributed by atoms with E-state index in [-0.39, 0.29) is 23.6 Å². The van der Waals surface area contributed by atoms with Crippen LogP contribution in [0.1, 0.15) is 5.56 Å². The number of hydrogen-bond acceptors (Lipinski definition) is 9. The van der Waals surface area contributed by atoms with Crippen LogP contribution in [0.4, 0.5) is 22.7 Å². The Labute approximate surface area is 175 Å². The van der Waals surface area contributed by atoms with Gasteiger partial charge >= 0.3 is 0 Å². The van der Waals surface area contributed by atoms with Gasteiger partial charge in [0.05, 0.1) is 15.5 Å². The van der Waals surface area contributed by atoms with Gasteiger partial charge in [-0.15, -0.1) is 0 Å². The van der Waals surface area contributed by atoms with Crippen LogP contribution in [0.3, 0.4) is 0 Å². The smallest absolute Gasteiger partial charge is 0.296 e. The zero-order valence-electron chi connectivity index (χ0n) is 15.9. The fourth-order valence-corrected chi connectivity index (χ4v) is 2.69. The van der Waals surface area contributed by atoms with Gasteiger partial charge in [-0.05, 0) is 24.3 Å². The Bertz CT molecular complexity index is 1120. The molecular formula is C19H16N6O6. The molecule has 1 aromatic heterocycles. The lowest BCUT2D eigenvalue weighted by Crippen LogP contribution is -2.37. The predicted molar refractivity (Wildman–Crippen MR) is 111 cm³/mol. The zero-order chi connectivity index (χ0) is 22.4. The third kappa shape index (κ3) is 5.35. The number of rotatable bonds is 8.